The van der Waals surface area contributed by atoms with E-state index in [2.05, 4.69) is 25.5 Å². The molecule has 2 unspecified atom stereocenters. The van der Waals surface area contributed by atoms with Crippen LogP contribution in [0.5, 0.6) is 6.01 Å². The molecule has 0 aliphatic carbocycles. The maximum Gasteiger partial charge on any atom is 0.417 e. The Morgan fingerprint density at radius 3 is 2.27 bits per heavy atom. The second-order valence-corrected chi connectivity index (χ2v) is 25.9. The molecule has 2 bridgehead atoms. The Kier molecular flexibility index (Phi) is 18.6. The van der Waals surface area contributed by atoms with E-state index in [1.807, 2.05) is 11.0 Å². The normalized spacial score (nSPS) is 20.1. The molecule has 4 fully saturated rings. The third kappa shape index (κ3) is 13.4. The van der Waals surface area contributed by atoms with Crippen LogP contribution in [0, 0.1) is 45.8 Å². The van der Waals surface area contributed by atoms with Crippen molar-refractivity contribution in [2.24, 2.45) is 5.41 Å². The number of para-hydroxylation sites is 1. The number of fused-ring (bicyclic) bond motifs is 4. The average molecular weight is 1280 g/mol. The molecule has 7 aromatic rings. The fourth-order valence-electron chi connectivity index (χ4n) is 13.2. The molecule has 25 heteroatoms. The van der Waals surface area contributed by atoms with Gasteiger partial charge in [0, 0.05) is 97.9 Å². The standard InChI is InChI=1S/C66H68F8N10O6S/c1-35(36-13-15-37(16-14-36)53-49(69)26-38(67)27-50(53)70)84(41-10-6-5-7-11-41)62(87)51-28-43(85)33-83(51)63(88)59(65(2,3)4)78-52(86)21-25-89-24-9-23-81-22-8-12-42(81)34-90-64-79-57-45(61(80-64)82-31-39-17-18-40(32-82)77-39)29-47(66(72,73)74)55(56(57)71)44-19-20-48(68)58-54(44)46(30-75)60(76)91-58/h5-7,10-11,13-16,19-20,26-27,29,35,39-40,42-43,51,59,77,85H,8-9,12,17-18,21-25,28,31-34,76H2,1-4H3,(H,78,86)/t35-,39?,40?,42-,43+,51-,59+/m0/s1. The first-order chi connectivity index (χ1) is 43.4. The highest BCUT2D eigenvalue weighted by atomic mass is 32.1. The zero-order valence-electron chi connectivity index (χ0n) is 50.4. The molecule has 2 aromatic heterocycles. The molecule has 0 radical (unpaired) electrons. The zero-order chi connectivity index (χ0) is 64.8. The Hall–Kier alpha value is -8.02. The Morgan fingerprint density at radius 1 is 0.901 bits per heavy atom. The molecular formula is C66H68F8N10O6S. The van der Waals surface area contributed by atoms with Crippen molar-refractivity contribution >= 4 is 66.6 Å². The van der Waals surface area contributed by atoms with E-state index >= 15 is 22.0 Å². The summed E-state index contributed by atoms with van der Waals surface area (Å²) in [4.78, 5) is 59.2. The predicted octanol–water partition coefficient (Wildman–Crippen LogP) is 11.2. The largest absolute Gasteiger partial charge is 0.462 e. The number of thiophene rings is 1. The van der Waals surface area contributed by atoms with Crippen LogP contribution in [0.1, 0.15) is 95.4 Å². The number of aliphatic hydroxyl groups is 1. The molecule has 0 saturated carbocycles. The summed E-state index contributed by atoms with van der Waals surface area (Å²) in [7, 11) is 0. The van der Waals surface area contributed by atoms with E-state index in [0.717, 1.165) is 37.5 Å². The SMILES string of the molecule is C[C@@H](c1ccc(-c2c(F)cc(F)cc2F)cc1)N(C(=O)[C@@H]1C[C@@H](O)CN1C(=O)[C@@H](NC(=O)CCOCCCN1CCC[C@H]1COc1nc(N2CC3CCC(C2)N3)c2cc(C(F)(F)F)c(-c3ccc(F)c4sc(N)c(C#N)c34)c(F)c2n1)C(C)(C)C)c1ccccc1. The highest BCUT2D eigenvalue weighted by molar-refractivity contribution is 7.23. The summed E-state index contributed by atoms with van der Waals surface area (Å²) in [5.74, 6) is -6.88. The molecule has 4 aliphatic heterocycles. The molecule has 4 saturated heterocycles. The lowest BCUT2D eigenvalue weighted by Crippen LogP contribution is -2.58. The smallest absolute Gasteiger partial charge is 0.417 e. The summed E-state index contributed by atoms with van der Waals surface area (Å²) in [6.45, 7) is 9.26. The molecular weight excluding hydrogens is 1210 g/mol. The van der Waals surface area contributed by atoms with Crippen molar-refractivity contribution in [3.8, 4) is 34.3 Å². The van der Waals surface area contributed by atoms with Gasteiger partial charge in [-0.15, -0.1) is 11.3 Å². The van der Waals surface area contributed by atoms with Crippen molar-refractivity contribution in [1.29, 1.82) is 5.26 Å². The van der Waals surface area contributed by atoms with Crippen LogP contribution in [0.4, 0.5) is 51.6 Å². The minimum atomic E-state index is -5.12. The molecule has 0 spiro atoms. The number of aromatic nitrogens is 2. The van der Waals surface area contributed by atoms with Crippen molar-refractivity contribution < 1.29 is 64.1 Å². The molecule has 4 aliphatic rings. The van der Waals surface area contributed by atoms with Gasteiger partial charge in [-0.1, -0.05) is 69.3 Å². The number of piperazine rings is 1. The maximum atomic E-state index is 17.4. The summed E-state index contributed by atoms with van der Waals surface area (Å²) in [6.07, 6.45) is -2.63. The predicted molar refractivity (Wildman–Crippen MR) is 328 cm³/mol. The van der Waals surface area contributed by atoms with Crippen LogP contribution in [0.3, 0.4) is 0 Å². The number of likely N-dealkylation sites (tertiary alicyclic amines) is 2. The number of benzene rings is 5. The first-order valence-corrected chi connectivity index (χ1v) is 31.1. The van der Waals surface area contributed by atoms with Gasteiger partial charge in [0.2, 0.25) is 17.7 Å². The number of ether oxygens (including phenoxy) is 2. The van der Waals surface area contributed by atoms with Crippen LogP contribution in [-0.2, 0) is 25.3 Å². The van der Waals surface area contributed by atoms with Crippen LogP contribution < -0.4 is 30.9 Å². The van der Waals surface area contributed by atoms with Crippen molar-refractivity contribution in [2.45, 2.75) is 121 Å². The number of hydrogen-bond donors (Lipinski definition) is 4. The summed E-state index contributed by atoms with van der Waals surface area (Å²) >= 11 is 0.681. The number of nitriles is 1. The molecule has 16 nitrogen and oxygen atoms in total. The van der Waals surface area contributed by atoms with Crippen molar-refractivity contribution in [1.82, 2.24) is 30.4 Å². The third-order valence-electron chi connectivity index (χ3n) is 17.6. The number of rotatable bonds is 19. The number of halogens is 8. The number of carbonyl (C=O) groups excluding carboxylic acids is 3. The first-order valence-electron chi connectivity index (χ1n) is 30.3. The highest BCUT2D eigenvalue weighted by Crippen LogP contribution is 2.49. The molecule has 11 rings (SSSR count). The van der Waals surface area contributed by atoms with E-state index in [9.17, 15) is 37.9 Å². The Bertz CT molecular complexity index is 3910. The fraction of sp³-hybridized carbons (Fsp3) is 0.424. The van der Waals surface area contributed by atoms with Gasteiger partial charge in [0.25, 0.3) is 0 Å². The van der Waals surface area contributed by atoms with Crippen LogP contribution in [0.15, 0.2) is 84.9 Å². The lowest BCUT2D eigenvalue weighted by atomic mass is 9.85. The second kappa shape index (κ2) is 26.3. The van der Waals surface area contributed by atoms with Crippen LogP contribution in [0.2, 0.25) is 0 Å². The van der Waals surface area contributed by atoms with Gasteiger partial charge < -0.3 is 45.6 Å². The average Bonchev–Trinajstić information content (AvgIpc) is 1.74. The molecule has 480 valence electrons. The lowest BCUT2D eigenvalue weighted by molar-refractivity contribution is -0.143. The lowest BCUT2D eigenvalue weighted by Gasteiger charge is -2.38. The maximum absolute atomic E-state index is 17.4. The Balaban J connectivity index is 0.726. The van der Waals surface area contributed by atoms with Gasteiger partial charge in [0.1, 0.15) is 64.4 Å². The van der Waals surface area contributed by atoms with E-state index in [1.165, 1.54) is 21.9 Å². The summed E-state index contributed by atoms with van der Waals surface area (Å²) in [6, 6.07) is 17.3. The quantitative estimate of drug-likeness (QED) is 0.0440. The van der Waals surface area contributed by atoms with Crippen LogP contribution in [0.25, 0.3) is 43.2 Å². The number of hydrogen-bond acceptors (Lipinski definition) is 14. The van der Waals surface area contributed by atoms with Gasteiger partial charge in [0.05, 0.1) is 40.1 Å². The number of alkyl halides is 3. The van der Waals surface area contributed by atoms with E-state index < -0.39 is 105 Å². The van der Waals surface area contributed by atoms with E-state index in [-0.39, 0.29) is 106 Å². The number of carbonyl (C=O) groups is 3. The van der Waals surface area contributed by atoms with E-state index in [0.29, 0.717) is 73.7 Å². The number of nitrogens with zero attached hydrogens (tertiary/aromatic N) is 7. The van der Waals surface area contributed by atoms with Crippen LogP contribution >= 0.6 is 11.3 Å². The first kappa shape index (κ1) is 64.5. The summed E-state index contributed by atoms with van der Waals surface area (Å²) in [5, 5.41) is 26.9. The van der Waals surface area contributed by atoms with Crippen molar-refractivity contribution in [3.63, 3.8) is 0 Å². The van der Waals surface area contributed by atoms with E-state index in [4.69, 9.17) is 15.2 Å². The Morgan fingerprint density at radius 2 is 1.60 bits per heavy atom. The molecule has 5 aromatic carbocycles. The number of aliphatic hydroxyl groups excluding tert-OH is 1. The number of nitrogens with one attached hydrogen (secondary N) is 2. The number of β-amino-alcohol motifs (C(OH)–C–C–N with tert-alkyl or cyclic N) is 1. The minimum Gasteiger partial charge on any atom is -0.462 e. The summed E-state index contributed by atoms with van der Waals surface area (Å²) < 4.78 is 134. The monoisotopic (exact) mass is 1280 g/mol. The number of amides is 3. The molecule has 3 amide bonds. The van der Waals surface area contributed by atoms with Gasteiger partial charge in [-0.3, -0.25) is 19.3 Å². The molecule has 91 heavy (non-hydrogen) atoms. The molecule has 5 N–H and O–H groups in total. The third-order valence-corrected chi connectivity index (χ3v) is 18.7. The topological polar surface area (TPSA) is 203 Å². The van der Waals surface area contributed by atoms with Gasteiger partial charge in [-0.05, 0) is 91.9 Å². The number of anilines is 3. The summed E-state index contributed by atoms with van der Waals surface area (Å²) in [5.41, 5.74) is 2.61. The number of nitrogens with two attached hydrogens (primary N) is 1. The van der Waals surface area contributed by atoms with Gasteiger partial charge in [-0.25, -0.2) is 22.0 Å². The fourth-order valence-corrected chi connectivity index (χ4v) is 14.1. The van der Waals surface area contributed by atoms with Crippen LogP contribution in [-0.4, -0.2) is 131 Å². The molecule has 7 atom stereocenters. The zero-order valence-corrected chi connectivity index (χ0v) is 51.2. The minimum absolute atomic E-state index is 0.0113. The highest BCUT2D eigenvalue weighted by Gasteiger charge is 2.47. The Labute approximate surface area is 523 Å². The van der Waals surface area contributed by atoms with Crippen molar-refractivity contribution in [3.05, 3.63) is 131 Å². The van der Waals surface area contributed by atoms with Gasteiger partial charge in [-0.2, -0.15) is 28.4 Å². The van der Waals surface area contributed by atoms with Gasteiger partial charge >= 0.3 is 12.2 Å². The number of nitrogen functional groups attached to an aromatic ring is 1. The van der Waals surface area contributed by atoms with E-state index in [1.54, 1.807) is 70.2 Å². The van der Waals surface area contributed by atoms with Gasteiger partial charge in [0.15, 0.2) is 5.82 Å². The van der Waals surface area contributed by atoms with Crippen molar-refractivity contribution in [2.75, 3.05) is 68.1 Å². The molecule has 6 heterocycles. The second-order valence-electron chi connectivity index (χ2n) is 24.8.